The number of hydrogen-bond acceptors (Lipinski definition) is 2. The summed E-state index contributed by atoms with van der Waals surface area (Å²) in [6.45, 7) is 0. The molecule has 10 aromatic carbocycles. The molecule has 2 heterocycles. The largest absolute Gasteiger partial charge is 0.456 e. The van der Waals surface area contributed by atoms with Gasteiger partial charge in [0, 0.05) is 50.2 Å². The smallest absolute Gasteiger partial charge is 0.137 e. The Morgan fingerprint density at radius 2 is 0.841 bits per heavy atom. The van der Waals surface area contributed by atoms with Crippen LogP contribution < -0.4 is 4.90 Å². The molecule has 0 saturated carbocycles. The maximum atomic E-state index is 6.51. The molecule has 2 aromatic heterocycles. The molecule has 0 fully saturated rings. The fraction of sp³-hybridized carbons (Fsp3) is 0. The van der Waals surface area contributed by atoms with Gasteiger partial charge in [0.15, 0.2) is 0 Å². The van der Waals surface area contributed by atoms with Gasteiger partial charge in [0.2, 0.25) is 0 Å². The van der Waals surface area contributed by atoms with Crippen molar-refractivity contribution in [1.82, 2.24) is 4.57 Å². The van der Waals surface area contributed by atoms with Crippen molar-refractivity contribution in [1.29, 1.82) is 0 Å². The Hall–Kier alpha value is -8.40. The molecule has 3 heteroatoms. The molecule has 0 N–H and O–H groups in total. The first-order chi connectivity index (χ1) is 31.3. The molecule has 0 unspecified atom stereocenters. The van der Waals surface area contributed by atoms with Crippen LogP contribution in [-0.4, -0.2) is 4.57 Å². The highest BCUT2D eigenvalue weighted by atomic mass is 16.3. The number of benzene rings is 10. The number of para-hydroxylation sites is 4. The van der Waals surface area contributed by atoms with Crippen molar-refractivity contribution in [2.75, 3.05) is 4.90 Å². The van der Waals surface area contributed by atoms with Gasteiger partial charge in [-0.3, -0.25) is 0 Å². The van der Waals surface area contributed by atoms with E-state index in [0.717, 1.165) is 61.4 Å². The molecule has 0 aliphatic heterocycles. The minimum atomic E-state index is 0.855. The van der Waals surface area contributed by atoms with Gasteiger partial charge in [0.05, 0.1) is 16.7 Å². The van der Waals surface area contributed by atoms with E-state index in [1.807, 2.05) is 12.1 Å². The summed E-state index contributed by atoms with van der Waals surface area (Å²) in [4.78, 5) is 2.38. The molecule has 296 valence electrons. The second kappa shape index (κ2) is 15.3. The van der Waals surface area contributed by atoms with Crippen molar-refractivity contribution < 1.29 is 4.42 Å². The van der Waals surface area contributed by atoms with E-state index in [4.69, 9.17) is 4.42 Å². The summed E-state index contributed by atoms with van der Waals surface area (Å²) in [5.41, 5.74) is 17.8. The quantitative estimate of drug-likeness (QED) is 0.153. The zero-order chi connectivity index (χ0) is 41.7. The Morgan fingerprint density at radius 3 is 1.62 bits per heavy atom. The molecular formula is C60H40N2O. The van der Waals surface area contributed by atoms with Gasteiger partial charge in [-0.2, -0.15) is 0 Å². The standard InChI is InChI=1S/C60H40N2O/c1-3-17-42(18-4-1)47-21-7-8-22-48(47)49-23-9-10-24-50(49)51-25-11-14-28-56(51)61(46-36-37-54-53-27-13-16-30-59(53)63-60(54)40-46)45-34-31-41(32-35-45)43-33-38-58-55(39-43)52-26-12-15-29-57(52)62(58)44-19-5-2-6-20-44/h1-40H. The number of hydrogen-bond donors (Lipinski definition) is 0. The predicted molar refractivity (Wildman–Crippen MR) is 264 cm³/mol. The first kappa shape index (κ1) is 36.5. The minimum absolute atomic E-state index is 0.855. The highest BCUT2D eigenvalue weighted by molar-refractivity contribution is 6.11. The molecule has 0 amide bonds. The number of fused-ring (bicyclic) bond motifs is 6. The van der Waals surface area contributed by atoms with Crippen LogP contribution in [0.15, 0.2) is 247 Å². The number of furan rings is 1. The van der Waals surface area contributed by atoms with Crippen LogP contribution in [0.1, 0.15) is 0 Å². The zero-order valence-corrected chi connectivity index (χ0v) is 34.4. The summed E-state index contributed by atoms with van der Waals surface area (Å²) >= 11 is 0. The van der Waals surface area contributed by atoms with Crippen LogP contribution in [0.4, 0.5) is 17.1 Å². The summed E-state index contributed by atoms with van der Waals surface area (Å²) in [5, 5.41) is 4.69. The topological polar surface area (TPSA) is 21.3 Å². The molecule has 0 aliphatic carbocycles. The fourth-order valence-electron chi connectivity index (χ4n) is 9.53. The lowest BCUT2D eigenvalue weighted by Gasteiger charge is -2.28. The summed E-state index contributed by atoms with van der Waals surface area (Å²) in [6, 6.07) is 87.1. The molecule has 0 spiro atoms. The van der Waals surface area contributed by atoms with Crippen LogP contribution in [0.25, 0.3) is 93.9 Å². The molecule has 0 bridgehead atoms. The van der Waals surface area contributed by atoms with Crippen molar-refractivity contribution >= 4 is 60.8 Å². The Balaban J connectivity index is 1.01. The lowest BCUT2D eigenvalue weighted by molar-refractivity contribution is 0.669. The van der Waals surface area contributed by atoms with Gasteiger partial charge in [0.1, 0.15) is 11.2 Å². The minimum Gasteiger partial charge on any atom is -0.456 e. The number of anilines is 3. The third-order valence-electron chi connectivity index (χ3n) is 12.4. The van der Waals surface area contributed by atoms with Crippen LogP contribution in [0.3, 0.4) is 0 Å². The fourth-order valence-corrected chi connectivity index (χ4v) is 9.53. The Bertz CT molecular complexity index is 3620. The SMILES string of the molecule is c1ccc(-c2ccccc2-c2ccccc2-c2ccccc2N(c2ccc(-c3ccc4c(c3)c3ccccc3n4-c3ccccc3)cc2)c2ccc3c(c2)oc2ccccc23)cc1. The average molecular weight is 805 g/mol. The molecule has 12 aromatic rings. The van der Waals surface area contributed by atoms with E-state index in [-0.39, 0.29) is 0 Å². The second-order valence-corrected chi connectivity index (χ2v) is 16.1. The van der Waals surface area contributed by atoms with Crippen molar-refractivity contribution in [3.8, 4) is 50.2 Å². The van der Waals surface area contributed by atoms with Crippen molar-refractivity contribution in [3.63, 3.8) is 0 Å². The van der Waals surface area contributed by atoms with Crippen molar-refractivity contribution in [3.05, 3.63) is 243 Å². The van der Waals surface area contributed by atoms with Crippen LogP contribution in [-0.2, 0) is 0 Å². The first-order valence-corrected chi connectivity index (χ1v) is 21.5. The summed E-state index contributed by atoms with van der Waals surface area (Å²) < 4.78 is 8.87. The summed E-state index contributed by atoms with van der Waals surface area (Å²) in [5.74, 6) is 0. The van der Waals surface area contributed by atoms with E-state index in [2.05, 4.69) is 240 Å². The van der Waals surface area contributed by atoms with E-state index in [0.29, 0.717) is 0 Å². The van der Waals surface area contributed by atoms with Gasteiger partial charge in [0.25, 0.3) is 0 Å². The van der Waals surface area contributed by atoms with Crippen LogP contribution in [0.2, 0.25) is 0 Å². The van der Waals surface area contributed by atoms with E-state index >= 15 is 0 Å². The summed E-state index contributed by atoms with van der Waals surface area (Å²) in [6.07, 6.45) is 0. The maximum Gasteiger partial charge on any atom is 0.137 e. The van der Waals surface area contributed by atoms with E-state index < -0.39 is 0 Å². The third kappa shape index (κ3) is 6.29. The van der Waals surface area contributed by atoms with Crippen molar-refractivity contribution in [2.24, 2.45) is 0 Å². The van der Waals surface area contributed by atoms with Gasteiger partial charge < -0.3 is 13.9 Å². The van der Waals surface area contributed by atoms with E-state index in [1.54, 1.807) is 0 Å². The lowest BCUT2D eigenvalue weighted by atomic mass is 9.88. The molecular weight excluding hydrogens is 765 g/mol. The first-order valence-electron chi connectivity index (χ1n) is 21.5. The van der Waals surface area contributed by atoms with Crippen molar-refractivity contribution in [2.45, 2.75) is 0 Å². The molecule has 12 rings (SSSR count). The van der Waals surface area contributed by atoms with E-state index in [9.17, 15) is 0 Å². The van der Waals surface area contributed by atoms with Gasteiger partial charge in [-0.1, -0.05) is 170 Å². The third-order valence-corrected chi connectivity index (χ3v) is 12.4. The van der Waals surface area contributed by atoms with Gasteiger partial charge in [-0.05, 0) is 106 Å². The Kier molecular flexibility index (Phi) is 8.83. The zero-order valence-electron chi connectivity index (χ0n) is 34.4. The number of aromatic nitrogens is 1. The normalized spacial score (nSPS) is 11.5. The molecule has 63 heavy (non-hydrogen) atoms. The van der Waals surface area contributed by atoms with Gasteiger partial charge >= 0.3 is 0 Å². The Labute approximate surface area is 366 Å². The molecule has 0 saturated heterocycles. The lowest BCUT2D eigenvalue weighted by Crippen LogP contribution is -2.11. The van der Waals surface area contributed by atoms with Crippen LogP contribution >= 0.6 is 0 Å². The molecule has 0 aliphatic rings. The van der Waals surface area contributed by atoms with Crippen LogP contribution in [0, 0.1) is 0 Å². The average Bonchev–Trinajstić information content (AvgIpc) is 3.90. The molecule has 0 atom stereocenters. The molecule has 0 radical (unpaired) electrons. The Morgan fingerprint density at radius 1 is 0.302 bits per heavy atom. The monoisotopic (exact) mass is 804 g/mol. The predicted octanol–water partition coefficient (Wildman–Crippen LogP) is 16.8. The highest BCUT2D eigenvalue weighted by Gasteiger charge is 2.22. The maximum absolute atomic E-state index is 6.51. The number of rotatable bonds is 8. The molecule has 3 nitrogen and oxygen atoms in total. The highest BCUT2D eigenvalue weighted by Crippen LogP contribution is 2.46. The van der Waals surface area contributed by atoms with Gasteiger partial charge in [-0.25, -0.2) is 0 Å². The summed E-state index contributed by atoms with van der Waals surface area (Å²) in [7, 11) is 0. The second-order valence-electron chi connectivity index (χ2n) is 16.1. The van der Waals surface area contributed by atoms with Gasteiger partial charge in [-0.15, -0.1) is 0 Å². The number of nitrogens with zero attached hydrogens (tertiary/aromatic N) is 2. The van der Waals surface area contributed by atoms with E-state index in [1.165, 1.54) is 49.6 Å². The van der Waals surface area contributed by atoms with Crippen LogP contribution in [0.5, 0.6) is 0 Å².